The molecule has 0 aliphatic carbocycles. The van der Waals surface area contributed by atoms with Crippen molar-refractivity contribution in [3.05, 3.63) is 22.6 Å². The van der Waals surface area contributed by atoms with Crippen molar-refractivity contribution in [3.63, 3.8) is 0 Å². The largest absolute Gasteiger partial charge is 0.503 e. The minimum atomic E-state index is -0.415. The van der Waals surface area contributed by atoms with Crippen molar-refractivity contribution in [2.45, 2.75) is 0 Å². The Bertz CT molecular complexity index is 348. The summed E-state index contributed by atoms with van der Waals surface area (Å²) in [6, 6.07) is 2.73. The lowest BCUT2D eigenvalue weighted by atomic mass is 10.2. The summed E-state index contributed by atoms with van der Waals surface area (Å²) in [5, 5.41) is 11.9. The Hall–Kier alpha value is -1.91. The number of aldehydes is 1. The summed E-state index contributed by atoms with van der Waals surface area (Å²) in [5.74, 6) is -0.303. The third-order valence-corrected chi connectivity index (χ3v) is 1.58. The highest BCUT2D eigenvalue weighted by Gasteiger charge is 2.12. The molecule has 13 heavy (non-hydrogen) atoms. The number of nitroso groups, excluding NO2 is 1. The normalized spacial score (nSPS) is 9.31. The predicted octanol–water partition coefficient (Wildman–Crippen LogP) is 1.61. The van der Waals surface area contributed by atoms with Crippen molar-refractivity contribution < 1.29 is 14.6 Å². The topological polar surface area (TPSA) is 76.0 Å². The minimum absolute atomic E-state index is 0.0355. The Morgan fingerprint density at radius 1 is 1.54 bits per heavy atom. The molecule has 1 aromatic carbocycles. The van der Waals surface area contributed by atoms with Crippen molar-refractivity contribution in [1.29, 1.82) is 0 Å². The molecule has 0 unspecified atom stereocenters. The van der Waals surface area contributed by atoms with Crippen LogP contribution in [0, 0.1) is 4.91 Å². The second kappa shape index (κ2) is 3.66. The van der Waals surface area contributed by atoms with E-state index < -0.39 is 5.75 Å². The Labute approximate surface area is 73.9 Å². The van der Waals surface area contributed by atoms with E-state index in [-0.39, 0.29) is 17.0 Å². The number of ether oxygens (including phenoxy) is 1. The Morgan fingerprint density at radius 2 is 2.23 bits per heavy atom. The molecule has 0 radical (unpaired) electrons. The highest BCUT2D eigenvalue weighted by Crippen LogP contribution is 2.37. The second-order valence-electron chi connectivity index (χ2n) is 2.26. The van der Waals surface area contributed by atoms with Gasteiger partial charge >= 0.3 is 0 Å². The summed E-state index contributed by atoms with van der Waals surface area (Å²) in [4.78, 5) is 20.6. The van der Waals surface area contributed by atoms with Crippen LogP contribution in [-0.2, 0) is 0 Å². The Balaban J connectivity index is 3.39. The number of phenolic OH excluding ortho intramolecular Hbond substituents is 1. The Kier molecular flexibility index (Phi) is 2.59. The average Bonchev–Trinajstić information content (AvgIpc) is 2.17. The van der Waals surface area contributed by atoms with Gasteiger partial charge in [-0.15, -0.1) is 4.91 Å². The van der Waals surface area contributed by atoms with Gasteiger partial charge in [-0.2, -0.15) is 0 Å². The summed E-state index contributed by atoms with van der Waals surface area (Å²) in [7, 11) is 1.34. The van der Waals surface area contributed by atoms with Crippen LogP contribution in [0.25, 0.3) is 0 Å². The van der Waals surface area contributed by atoms with Crippen LogP contribution in [0.15, 0.2) is 17.3 Å². The molecule has 0 heterocycles. The zero-order valence-corrected chi connectivity index (χ0v) is 6.85. The monoisotopic (exact) mass is 181 g/mol. The standard InChI is InChI=1S/C8H7NO4/c1-13-6-3-2-5(4-10)7(9-12)8(6)11/h2-4,11H,1H3. The summed E-state index contributed by atoms with van der Waals surface area (Å²) in [5.41, 5.74) is -0.261. The first kappa shape index (κ1) is 9.18. The van der Waals surface area contributed by atoms with Gasteiger partial charge in [-0.05, 0) is 17.3 Å². The maximum Gasteiger partial charge on any atom is 0.188 e. The zero-order chi connectivity index (χ0) is 9.84. The number of carbonyl (C=O) groups is 1. The van der Waals surface area contributed by atoms with E-state index in [1.807, 2.05) is 0 Å². The number of methoxy groups -OCH3 is 1. The first-order valence-corrected chi connectivity index (χ1v) is 3.43. The molecule has 1 rings (SSSR count). The lowest BCUT2D eigenvalue weighted by Gasteiger charge is -2.04. The van der Waals surface area contributed by atoms with Crippen molar-refractivity contribution in [1.82, 2.24) is 0 Å². The summed E-state index contributed by atoms with van der Waals surface area (Å²) in [6.45, 7) is 0. The molecular formula is C8H7NO4. The molecular weight excluding hydrogens is 174 g/mol. The fourth-order valence-electron chi connectivity index (χ4n) is 0.933. The molecule has 0 aromatic heterocycles. The quantitative estimate of drug-likeness (QED) is 0.567. The predicted molar refractivity (Wildman–Crippen MR) is 45.5 cm³/mol. The molecule has 68 valence electrons. The van der Waals surface area contributed by atoms with E-state index in [4.69, 9.17) is 4.74 Å². The molecule has 5 heteroatoms. The van der Waals surface area contributed by atoms with Gasteiger partial charge in [0.1, 0.15) is 0 Å². The molecule has 0 aliphatic heterocycles. The van der Waals surface area contributed by atoms with Crippen LogP contribution in [-0.4, -0.2) is 18.5 Å². The van der Waals surface area contributed by atoms with E-state index in [9.17, 15) is 14.8 Å². The van der Waals surface area contributed by atoms with Gasteiger partial charge in [0.25, 0.3) is 0 Å². The highest BCUT2D eigenvalue weighted by molar-refractivity contribution is 5.86. The maximum atomic E-state index is 10.4. The third kappa shape index (κ3) is 1.48. The molecule has 0 atom stereocenters. The van der Waals surface area contributed by atoms with Gasteiger partial charge < -0.3 is 9.84 Å². The van der Waals surface area contributed by atoms with E-state index in [0.29, 0.717) is 6.29 Å². The molecule has 0 spiro atoms. The number of hydrogen-bond acceptors (Lipinski definition) is 5. The molecule has 0 saturated carbocycles. The zero-order valence-electron chi connectivity index (χ0n) is 6.85. The SMILES string of the molecule is COc1ccc(C=O)c(N=O)c1O. The van der Waals surface area contributed by atoms with E-state index in [1.54, 1.807) is 0 Å². The number of nitrogens with zero attached hydrogens (tertiary/aromatic N) is 1. The molecule has 1 aromatic rings. The fourth-order valence-corrected chi connectivity index (χ4v) is 0.933. The van der Waals surface area contributed by atoms with Crippen LogP contribution >= 0.6 is 0 Å². The first-order chi connectivity index (χ1) is 6.24. The highest BCUT2D eigenvalue weighted by atomic mass is 16.5. The fraction of sp³-hybridized carbons (Fsp3) is 0.125. The van der Waals surface area contributed by atoms with Crippen LogP contribution < -0.4 is 4.74 Å². The molecule has 1 N–H and O–H groups in total. The lowest BCUT2D eigenvalue weighted by molar-refractivity contribution is 0.112. The molecule has 5 nitrogen and oxygen atoms in total. The number of phenols is 1. The van der Waals surface area contributed by atoms with Gasteiger partial charge in [-0.1, -0.05) is 0 Å². The van der Waals surface area contributed by atoms with E-state index in [2.05, 4.69) is 5.18 Å². The van der Waals surface area contributed by atoms with Gasteiger partial charge in [-0.25, -0.2) is 0 Å². The van der Waals surface area contributed by atoms with Gasteiger partial charge in [-0.3, -0.25) is 4.79 Å². The van der Waals surface area contributed by atoms with Gasteiger partial charge in [0.05, 0.1) is 7.11 Å². The van der Waals surface area contributed by atoms with Gasteiger partial charge in [0, 0.05) is 5.56 Å². The minimum Gasteiger partial charge on any atom is -0.503 e. The van der Waals surface area contributed by atoms with Crippen molar-refractivity contribution in [2.75, 3.05) is 7.11 Å². The van der Waals surface area contributed by atoms with Crippen LogP contribution in [0.3, 0.4) is 0 Å². The average molecular weight is 181 g/mol. The number of hydrogen-bond donors (Lipinski definition) is 1. The lowest BCUT2D eigenvalue weighted by Crippen LogP contribution is -1.87. The van der Waals surface area contributed by atoms with E-state index in [1.165, 1.54) is 19.2 Å². The van der Waals surface area contributed by atoms with Crippen molar-refractivity contribution in [3.8, 4) is 11.5 Å². The van der Waals surface area contributed by atoms with E-state index >= 15 is 0 Å². The summed E-state index contributed by atoms with van der Waals surface area (Å²) in [6.07, 6.45) is 0.440. The van der Waals surface area contributed by atoms with Gasteiger partial charge in [0.15, 0.2) is 23.5 Å². The Morgan fingerprint density at radius 3 is 2.69 bits per heavy atom. The van der Waals surface area contributed by atoms with Crippen LogP contribution in [0.5, 0.6) is 11.5 Å². The maximum absolute atomic E-state index is 10.4. The molecule has 0 saturated heterocycles. The number of carbonyl (C=O) groups excluding carboxylic acids is 1. The van der Waals surface area contributed by atoms with Crippen LogP contribution in [0.4, 0.5) is 5.69 Å². The second-order valence-corrected chi connectivity index (χ2v) is 2.26. The summed E-state index contributed by atoms with van der Waals surface area (Å²) < 4.78 is 4.72. The smallest absolute Gasteiger partial charge is 0.188 e. The first-order valence-electron chi connectivity index (χ1n) is 3.43. The molecule has 0 aliphatic rings. The van der Waals surface area contributed by atoms with Crippen LogP contribution in [0.1, 0.15) is 10.4 Å². The molecule has 0 amide bonds. The molecule has 0 fully saturated rings. The van der Waals surface area contributed by atoms with Gasteiger partial charge in [0.2, 0.25) is 0 Å². The third-order valence-electron chi connectivity index (χ3n) is 1.58. The van der Waals surface area contributed by atoms with E-state index in [0.717, 1.165) is 0 Å². The number of rotatable bonds is 3. The summed E-state index contributed by atoms with van der Waals surface area (Å²) >= 11 is 0. The van der Waals surface area contributed by atoms with Crippen LogP contribution in [0.2, 0.25) is 0 Å². The number of benzene rings is 1. The van der Waals surface area contributed by atoms with Crippen molar-refractivity contribution in [2.24, 2.45) is 5.18 Å². The molecule has 0 bridgehead atoms. The van der Waals surface area contributed by atoms with Crippen molar-refractivity contribution >= 4 is 12.0 Å². The number of aromatic hydroxyl groups is 1.